The van der Waals surface area contributed by atoms with Crippen LogP contribution in [-0.4, -0.2) is 24.5 Å². The van der Waals surface area contributed by atoms with E-state index in [2.05, 4.69) is 6.92 Å². The highest BCUT2D eigenvalue weighted by molar-refractivity contribution is 5.77. The summed E-state index contributed by atoms with van der Waals surface area (Å²) in [5.41, 5.74) is 1.98. The Labute approximate surface area is 130 Å². The van der Waals surface area contributed by atoms with Crippen LogP contribution in [0, 0.1) is 5.82 Å². The summed E-state index contributed by atoms with van der Waals surface area (Å²) in [6.45, 7) is 2.41. The number of carbonyl (C=O) groups excluding carboxylic acids is 1. The van der Waals surface area contributed by atoms with Crippen molar-refractivity contribution in [3.8, 4) is 5.75 Å². The molecule has 0 radical (unpaired) electrons. The van der Waals surface area contributed by atoms with Crippen LogP contribution in [0.15, 0.2) is 48.5 Å². The van der Waals surface area contributed by atoms with E-state index in [1.54, 1.807) is 19.2 Å². The minimum Gasteiger partial charge on any atom is -0.484 e. The van der Waals surface area contributed by atoms with Gasteiger partial charge in [0.05, 0.1) is 0 Å². The van der Waals surface area contributed by atoms with E-state index in [-0.39, 0.29) is 18.3 Å². The minimum absolute atomic E-state index is 0.0305. The topological polar surface area (TPSA) is 29.5 Å². The van der Waals surface area contributed by atoms with Crippen LogP contribution < -0.4 is 4.74 Å². The fourth-order valence-corrected chi connectivity index (χ4v) is 2.07. The second kappa shape index (κ2) is 7.59. The lowest BCUT2D eigenvalue weighted by Crippen LogP contribution is -2.30. The monoisotopic (exact) mass is 301 g/mol. The average molecular weight is 301 g/mol. The fraction of sp³-hybridized carbons (Fsp3) is 0.278. The van der Waals surface area contributed by atoms with Crippen LogP contribution in [0.2, 0.25) is 0 Å². The van der Waals surface area contributed by atoms with Crippen LogP contribution in [0.3, 0.4) is 0 Å². The number of carbonyl (C=O) groups is 1. The first-order valence-corrected chi connectivity index (χ1v) is 7.28. The Hall–Kier alpha value is -2.36. The zero-order valence-corrected chi connectivity index (χ0v) is 12.9. The van der Waals surface area contributed by atoms with Crippen LogP contribution in [0.1, 0.15) is 18.1 Å². The van der Waals surface area contributed by atoms with Gasteiger partial charge in [0.1, 0.15) is 11.6 Å². The second-order valence-electron chi connectivity index (χ2n) is 5.17. The van der Waals surface area contributed by atoms with E-state index in [0.29, 0.717) is 12.3 Å². The highest BCUT2D eigenvalue weighted by atomic mass is 19.1. The molecule has 2 aromatic rings. The molecule has 0 unspecified atom stereocenters. The Balaban J connectivity index is 1.85. The molecular weight excluding hydrogens is 281 g/mol. The van der Waals surface area contributed by atoms with Gasteiger partial charge in [0.15, 0.2) is 6.61 Å². The Morgan fingerprint density at radius 3 is 2.50 bits per heavy atom. The number of likely N-dealkylation sites (N-methyl/N-ethyl adjacent to an activating group) is 1. The molecule has 2 aromatic carbocycles. The Morgan fingerprint density at radius 1 is 1.14 bits per heavy atom. The quantitative estimate of drug-likeness (QED) is 0.818. The summed E-state index contributed by atoms with van der Waals surface area (Å²) >= 11 is 0. The molecule has 0 bridgehead atoms. The van der Waals surface area contributed by atoms with E-state index in [9.17, 15) is 9.18 Å². The SMILES string of the molecule is CCc1ccc(OCC(=O)N(C)Cc2cccc(F)c2)cc1. The minimum atomic E-state index is -0.300. The van der Waals surface area contributed by atoms with Crippen molar-refractivity contribution in [1.29, 1.82) is 0 Å². The smallest absolute Gasteiger partial charge is 0.260 e. The Bertz CT molecular complexity index is 625. The maximum absolute atomic E-state index is 13.1. The van der Waals surface area contributed by atoms with E-state index in [1.165, 1.54) is 22.6 Å². The maximum Gasteiger partial charge on any atom is 0.260 e. The molecule has 0 fully saturated rings. The Morgan fingerprint density at radius 2 is 1.86 bits per heavy atom. The lowest BCUT2D eigenvalue weighted by atomic mass is 10.2. The molecule has 0 saturated heterocycles. The van der Waals surface area contributed by atoms with E-state index in [4.69, 9.17) is 4.74 Å². The van der Waals surface area contributed by atoms with Crippen molar-refractivity contribution in [1.82, 2.24) is 4.90 Å². The number of hydrogen-bond acceptors (Lipinski definition) is 2. The molecule has 116 valence electrons. The number of benzene rings is 2. The molecule has 3 nitrogen and oxygen atoms in total. The van der Waals surface area contributed by atoms with Crippen LogP contribution in [0.4, 0.5) is 4.39 Å². The van der Waals surface area contributed by atoms with Crippen LogP contribution in [0.25, 0.3) is 0 Å². The van der Waals surface area contributed by atoms with Gasteiger partial charge in [0, 0.05) is 13.6 Å². The highest BCUT2D eigenvalue weighted by Gasteiger charge is 2.10. The molecule has 1 amide bonds. The van der Waals surface area contributed by atoms with Crippen LogP contribution >= 0.6 is 0 Å². The largest absolute Gasteiger partial charge is 0.484 e. The van der Waals surface area contributed by atoms with Gasteiger partial charge in [-0.2, -0.15) is 0 Å². The molecule has 4 heteroatoms. The zero-order chi connectivity index (χ0) is 15.9. The van der Waals surface area contributed by atoms with Crippen molar-refractivity contribution in [2.75, 3.05) is 13.7 Å². The van der Waals surface area contributed by atoms with Gasteiger partial charge in [-0.1, -0.05) is 31.2 Å². The first-order valence-electron chi connectivity index (χ1n) is 7.28. The van der Waals surface area contributed by atoms with Crippen molar-refractivity contribution in [3.63, 3.8) is 0 Å². The molecule has 0 aliphatic heterocycles. The molecule has 0 aromatic heterocycles. The van der Waals surface area contributed by atoms with Crippen LogP contribution in [0.5, 0.6) is 5.75 Å². The normalized spacial score (nSPS) is 10.3. The van der Waals surface area contributed by atoms with E-state index >= 15 is 0 Å². The summed E-state index contributed by atoms with van der Waals surface area (Å²) < 4.78 is 18.6. The summed E-state index contributed by atoms with van der Waals surface area (Å²) in [6, 6.07) is 13.9. The number of amides is 1. The first-order chi connectivity index (χ1) is 10.6. The third-order valence-corrected chi connectivity index (χ3v) is 3.43. The predicted molar refractivity (Wildman–Crippen MR) is 84.2 cm³/mol. The molecule has 22 heavy (non-hydrogen) atoms. The lowest BCUT2D eigenvalue weighted by molar-refractivity contribution is -0.132. The van der Waals surface area contributed by atoms with Crippen molar-refractivity contribution >= 4 is 5.91 Å². The van der Waals surface area contributed by atoms with Gasteiger partial charge in [0.25, 0.3) is 5.91 Å². The molecule has 0 aliphatic carbocycles. The Kier molecular flexibility index (Phi) is 5.53. The van der Waals surface area contributed by atoms with Crippen molar-refractivity contribution in [2.45, 2.75) is 19.9 Å². The van der Waals surface area contributed by atoms with E-state index in [1.807, 2.05) is 24.3 Å². The average Bonchev–Trinajstić information content (AvgIpc) is 2.53. The molecule has 0 atom stereocenters. The van der Waals surface area contributed by atoms with Gasteiger partial charge < -0.3 is 9.64 Å². The summed E-state index contributed by atoms with van der Waals surface area (Å²) in [5.74, 6) is 0.221. The summed E-state index contributed by atoms with van der Waals surface area (Å²) in [6.07, 6.45) is 0.968. The predicted octanol–water partition coefficient (Wildman–Crippen LogP) is 3.43. The third kappa shape index (κ3) is 4.58. The van der Waals surface area contributed by atoms with Crippen molar-refractivity contribution < 1.29 is 13.9 Å². The van der Waals surface area contributed by atoms with Crippen molar-refractivity contribution in [3.05, 3.63) is 65.5 Å². The van der Waals surface area contributed by atoms with Gasteiger partial charge in [0.2, 0.25) is 0 Å². The number of hydrogen-bond donors (Lipinski definition) is 0. The van der Waals surface area contributed by atoms with Gasteiger partial charge in [-0.25, -0.2) is 4.39 Å². The van der Waals surface area contributed by atoms with E-state index < -0.39 is 0 Å². The standard InChI is InChI=1S/C18H20FNO2/c1-3-14-7-9-17(10-8-14)22-13-18(21)20(2)12-15-5-4-6-16(19)11-15/h4-11H,3,12-13H2,1-2H3. The molecule has 0 saturated carbocycles. The first kappa shape index (κ1) is 16.0. The van der Waals surface area contributed by atoms with E-state index in [0.717, 1.165) is 12.0 Å². The number of ether oxygens (including phenoxy) is 1. The summed E-state index contributed by atoms with van der Waals surface area (Å²) in [7, 11) is 1.68. The van der Waals surface area contributed by atoms with Gasteiger partial charge in [-0.15, -0.1) is 0 Å². The second-order valence-corrected chi connectivity index (χ2v) is 5.17. The van der Waals surface area contributed by atoms with Gasteiger partial charge in [-0.3, -0.25) is 4.79 Å². The summed E-state index contributed by atoms with van der Waals surface area (Å²) in [5, 5.41) is 0. The molecular formula is C18H20FNO2. The maximum atomic E-state index is 13.1. The zero-order valence-electron chi connectivity index (χ0n) is 12.9. The summed E-state index contributed by atoms with van der Waals surface area (Å²) in [4.78, 5) is 13.6. The number of halogens is 1. The lowest BCUT2D eigenvalue weighted by Gasteiger charge is -2.17. The molecule has 0 spiro atoms. The molecule has 2 rings (SSSR count). The number of aryl methyl sites for hydroxylation is 1. The molecule has 0 heterocycles. The number of nitrogens with zero attached hydrogens (tertiary/aromatic N) is 1. The van der Waals surface area contributed by atoms with Gasteiger partial charge in [-0.05, 0) is 41.8 Å². The number of rotatable bonds is 6. The fourth-order valence-electron chi connectivity index (χ4n) is 2.07. The van der Waals surface area contributed by atoms with Crippen molar-refractivity contribution in [2.24, 2.45) is 0 Å². The molecule has 0 N–H and O–H groups in total. The highest BCUT2D eigenvalue weighted by Crippen LogP contribution is 2.13. The third-order valence-electron chi connectivity index (χ3n) is 3.43. The van der Waals surface area contributed by atoms with Crippen LogP contribution in [-0.2, 0) is 17.8 Å². The molecule has 0 aliphatic rings. The van der Waals surface area contributed by atoms with Gasteiger partial charge >= 0.3 is 0 Å².